The van der Waals surface area contributed by atoms with Crippen molar-refractivity contribution in [1.29, 1.82) is 0 Å². The fourth-order valence-electron chi connectivity index (χ4n) is 0.751. The highest BCUT2D eigenvalue weighted by molar-refractivity contribution is 4.78. The molecule has 0 amide bonds. The topological polar surface area (TPSA) is 71.2 Å². The van der Waals surface area contributed by atoms with Crippen molar-refractivity contribution < 1.29 is 9.63 Å². The normalized spacial score (nSPS) is 11.9. The Balaban J connectivity index is 2.20. The number of nitrogens with one attached hydrogen (secondary N) is 1. The lowest BCUT2D eigenvalue weighted by molar-refractivity contribution is 0.0792. The Bertz CT molecular complexity index is 215. The molecule has 0 unspecified atom stereocenters. The van der Waals surface area contributed by atoms with Crippen LogP contribution in [0, 0.1) is 0 Å². The van der Waals surface area contributed by atoms with Gasteiger partial charge in [0, 0.05) is 6.54 Å². The van der Waals surface area contributed by atoms with Crippen LogP contribution in [0.25, 0.3) is 0 Å². The summed E-state index contributed by atoms with van der Waals surface area (Å²) in [6, 6.07) is 0. The summed E-state index contributed by atoms with van der Waals surface area (Å²) in [4.78, 5) is 3.81. The molecule has 1 rings (SSSR count). The Morgan fingerprint density at radius 3 is 2.92 bits per heavy atom. The molecule has 68 valence electrons. The summed E-state index contributed by atoms with van der Waals surface area (Å²) in [6.07, 6.45) is 1.28. The summed E-state index contributed by atoms with van der Waals surface area (Å²) in [5.41, 5.74) is -0.705. The van der Waals surface area contributed by atoms with Crippen molar-refractivity contribution in [3.63, 3.8) is 0 Å². The van der Waals surface area contributed by atoms with Gasteiger partial charge in [0.25, 0.3) is 0 Å². The molecule has 0 spiro atoms. The summed E-state index contributed by atoms with van der Waals surface area (Å²) in [6.45, 7) is 4.48. The quantitative estimate of drug-likeness (QED) is 0.663. The molecule has 0 atom stereocenters. The van der Waals surface area contributed by atoms with E-state index in [0.29, 0.717) is 18.9 Å². The summed E-state index contributed by atoms with van der Waals surface area (Å²) in [7, 11) is 0. The first-order valence-electron chi connectivity index (χ1n) is 3.76. The molecule has 0 aliphatic heterocycles. The van der Waals surface area contributed by atoms with Gasteiger partial charge in [0.05, 0.1) is 12.1 Å². The molecule has 1 aromatic rings. The lowest BCUT2D eigenvalue weighted by Gasteiger charge is -2.16. The van der Waals surface area contributed by atoms with E-state index in [1.165, 1.54) is 6.39 Å². The summed E-state index contributed by atoms with van der Waals surface area (Å²) >= 11 is 0. The lowest BCUT2D eigenvalue weighted by atomic mass is 10.1. The Morgan fingerprint density at radius 2 is 2.42 bits per heavy atom. The van der Waals surface area contributed by atoms with E-state index in [1.54, 1.807) is 13.8 Å². The molecule has 0 aromatic carbocycles. The molecule has 12 heavy (non-hydrogen) atoms. The van der Waals surface area contributed by atoms with E-state index in [1.807, 2.05) is 0 Å². The van der Waals surface area contributed by atoms with Crippen LogP contribution in [0.2, 0.25) is 0 Å². The van der Waals surface area contributed by atoms with Gasteiger partial charge in [-0.05, 0) is 13.8 Å². The van der Waals surface area contributed by atoms with E-state index in [0.717, 1.165) is 0 Å². The van der Waals surface area contributed by atoms with Gasteiger partial charge in [0.2, 0.25) is 6.39 Å². The zero-order chi connectivity index (χ0) is 9.03. The molecule has 1 heterocycles. The van der Waals surface area contributed by atoms with Crippen LogP contribution in [0.3, 0.4) is 0 Å². The second kappa shape index (κ2) is 3.64. The van der Waals surface area contributed by atoms with Crippen LogP contribution in [0.4, 0.5) is 0 Å². The van der Waals surface area contributed by atoms with Crippen molar-refractivity contribution in [3.05, 3.63) is 12.2 Å². The molecule has 0 fully saturated rings. The van der Waals surface area contributed by atoms with Gasteiger partial charge in [-0.1, -0.05) is 5.16 Å². The van der Waals surface area contributed by atoms with E-state index in [9.17, 15) is 5.11 Å². The van der Waals surface area contributed by atoms with Crippen LogP contribution in [-0.2, 0) is 6.54 Å². The molecule has 0 bridgehead atoms. The Hall–Kier alpha value is -0.940. The lowest BCUT2D eigenvalue weighted by Crippen LogP contribution is -2.34. The predicted molar refractivity (Wildman–Crippen MR) is 42.3 cm³/mol. The van der Waals surface area contributed by atoms with Crippen LogP contribution in [-0.4, -0.2) is 27.4 Å². The molecule has 1 aromatic heterocycles. The third-order valence-electron chi connectivity index (χ3n) is 1.25. The highest BCUT2D eigenvalue weighted by atomic mass is 16.5. The summed E-state index contributed by atoms with van der Waals surface area (Å²) in [5, 5.41) is 15.9. The van der Waals surface area contributed by atoms with Gasteiger partial charge in [-0.25, -0.2) is 0 Å². The Morgan fingerprint density at radius 1 is 1.67 bits per heavy atom. The zero-order valence-corrected chi connectivity index (χ0v) is 7.24. The van der Waals surface area contributed by atoms with E-state index >= 15 is 0 Å². The van der Waals surface area contributed by atoms with E-state index < -0.39 is 5.60 Å². The van der Waals surface area contributed by atoms with Crippen LogP contribution in [0.5, 0.6) is 0 Å². The van der Waals surface area contributed by atoms with Crippen LogP contribution < -0.4 is 5.32 Å². The molecule has 0 aliphatic carbocycles. The molecule has 0 aliphatic rings. The van der Waals surface area contributed by atoms with Crippen molar-refractivity contribution in [2.75, 3.05) is 6.54 Å². The number of hydrogen-bond acceptors (Lipinski definition) is 5. The fourth-order valence-corrected chi connectivity index (χ4v) is 0.751. The summed E-state index contributed by atoms with van der Waals surface area (Å²) < 4.78 is 4.53. The first-order valence-corrected chi connectivity index (χ1v) is 3.76. The molecule has 5 nitrogen and oxygen atoms in total. The van der Waals surface area contributed by atoms with Gasteiger partial charge in [-0.3, -0.25) is 0 Å². The molecule has 2 N–H and O–H groups in total. The minimum absolute atomic E-state index is 0.502. The van der Waals surface area contributed by atoms with Crippen molar-refractivity contribution in [3.8, 4) is 0 Å². The first-order chi connectivity index (χ1) is 5.58. The molecular weight excluding hydrogens is 158 g/mol. The molecule has 0 saturated heterocycles. The van der Waals surface area contributed by atoms with Crippen molar-refractivity contribution in [1.82, 2.24) is 15.5 Å². The second-order valence-corrected chi connectivity index (χ2v) is 3.26. The SMILES string of the molecule is CC(C)(O)CNCc1ncon1. The van der Waals surface area contributed by atoms with Crippen LogP contribution in [0.1, 0.15) is 19.7 Å². The average Bonchev–Trinajstić information content (AvgIpc) is 2.36. The van der Waals surface area contributed by atoms with Crippen molar-refractivity contribution in [2.24, 2.45) is 0 Å². The average molecular weight is 171 g/mol. The number of nitrogens with zero attached hydrogens (tertiary/aromatic N) is 2. The number of rotatable bonds is 4. The van der Waals surface area contributed by atoms with Crippen molar-refractivity contribution in [2.45, 2.75) is 26.0 Å². The highest BCUT2D eigenvalue weighted by Crippen LogP contribution is 1.97. The largest absolute Gasteiger partial charge is 0.389 e. The maximum Gasteiger partial charge on any atom is 0.213 e. The molecular formula is C7H13N3O2. The van der Waals surface area contributed by atoms with Gasteiger partial charge in [0.15, 0.2) is 5.82 Å². The number of aromatic nitrogens is 2. The van der Waals surface area contributed by atoms with Gasteiger partial charge in [0.1, 0.15) is 0 Å². The first kappa shape index (κ1) is 9.15. The zero-order valence-electron chi connectivity index (χ0n) is 7.24. The van der Waals surface area contributed by atoms with E-state index in [-0.39, 0.29) is 0 Å². The van der Waals surface area contributed by atoms with Gasteiger partial charge in [-0.2, -0.15) is 4.98 Å². The van der Waals surface area contributed by atoms with Crippen LogP contribution in [0.15, 0.2) is 10.9 Å². The monoisotopic (exact) mass is 171 g/mol. The third kappa shape index (κ3) is 3.45. The smallest absolute Gasteiger partial charge is 0.213 e. The Labute approximate surface area is 70.8 Å². The maximum absolute atomic E-state index is 9.32. The second-order valence-electron chi connectivity index (χ2n) is 3.26. The highest BCUT2D eigenvalue weighted by Gasteiger charge is 2.11. The van der Waals surface area contributed by atoms with E-state index in [2.05, 4.69) is 20.0 Å². The van der Waals surface area contributed by atoms with Crippen molar-refractivity contribution >= 4 is 0 Å². The summed E-state index contributed by atoms with van der Waals surface area (Å²) in [5.74, 6) is 0.597. The third-order valence-corrected chi connectivity index (χ3v) is 1.25. The standard InChI is InChI=1S/C7H13N3O2/c1-7(2,11)4-8-3-6-9-5-12-10-6/h5,8,11H,3-4H2,1-2H3. The number of aliphatic hydroxyl groups is 1. The fraction of sp³-hybridized carbons (Fsp3) is 0.714. The number of hydrogen-bond donors (Lipinski definition) is 2. The van der Waals surface area contributed by atoms with Gasteiger partial charge in [-0.15, -0.1) is 0 Å². The Kier molecular flexibility index (Phi) is 2.78. The van der Waals surface area contributed by atoms with Gasteiger partial charge >= 0.3 is 0 Å². The minimum atomic E-state index is -0.705. The minimum Gasteiger partial charge on any atom is -0.389 e. The van der Waals surface area contributed by atoms with Crippen LogP contribution >= 0.6 is 0 Å². The maximum atomic E-state index is 9.32. The molecule has 5 heteroatoms. The molecule has 0 saturated carbocycles. The van der Waals surface area contributed by atoms with Gasteiger partial charge < -0.3 is 14.9 Å². The van der Waals surface area contributed by atoms with E-state index in [4.69, 9.17) is 0 Å². The predicted octanol–water partition coefficient (Wildman–Crippen LogP) is -0.0699. The molecule has 0 radical (unpaired) electrons.